The maximum absolute atomic E-state index is 11.0. The van der Waals surface area contributed by atoms with Gasteiger partial charge in [0.15, 0.2) is 0 Å². The maximum atomic E-state index is 11.0. The van der Waals surface area contributed by atoms with Gasteiger partial charge >= 0.3 is 5.97 Å². The number of benzene rings is 2. The highest BCUT2D eigenvalue weighted by Crippen LogP contribution is 2.44. The van der Waals surface area contributed by atoms with E-state index in [2.05, 4.69) is 57.2 Å². The van der Waals surface area contributed by atoms with E-state index in [4.69, 9.17) is 5.11 Å². The molecule has 0 amide bonds. The monoisotopic (exact) mass is 364 g/mol. The molecule has 0 saturated carbocycles. The van der Waals surface area contributed by atoms with Crippen molar-refractivity contribution in [1.29, 1.82) is 0 Å². The van der Waals surface area contributed by atoms with Gasteiger partial charge in [-0.25, -0.2) is 4.79 Å². The smallest absolute Gasteiger partial charge is 0.335 e. The third-order valence-corrected chi connectivity index (χ3v) is 5.75. The first-order valence-electron chi connectivity index (χ1n) is 8.90. The van der Waals surface area contributed by atoms with Gasteiger partial charge in [0.2, 0.25) is 0 Å². The molecule has 2 nitrogen and oxygen atoms in total. The Kier molecular flexibility index (Phi) is 5.38. The largest absolute Gasteiger partial charge is 0.478 e. The minimum absolute atomic E-state index is 0.139. The van der Waals surface area contributed by atoms with Gasteiger partial charge < -0.3 is 5.11 Å². The Balaban J connectivity index is 1.99. The summed E-state index contributed by atoms with van der Waals surface area (Å²) in [5.41, 5.74) is 5.40. The van der Waals surface area contributed by atoms with Crippen molar-refractivity contribution < 1.29 is 9.90 Å². The molecule has 3 rings (SSSR count). The lowest BCUT2D eigenvalue weighted by atomic mass is 9.74. The summed E-state index contributed by atoms with van der Waals surface area (Å²) in [5.74, 6) is 0.159. The predicted molar refractivity (Wildman–Crippen MR) is 113 cm³/mol. The zero-order chi connectivity index (χ0) is 18.7. The number of allylic oxidation sites excluding steroid dienone is 1. The van der Waals surface area contributed by atoms with Crippen LogP contribution in [0, 0.1) is 0 Å². The second-order valence-electron chi connectivity index (χ2n) is 7.12. The van der Waals surface area contributed by atoms with E-state index in [0.29, 0.717) is 5.56 Å². The molecule has 0 bridgehead atoms. The molecule has 2 aromatic carbocycles. The van der Waals surface area contributed by atoms with Crippen LogP contribution in [0.3, 0.4) is 0 Å². The second-order valence-corrected chi connectivity index (χ2v) is 8.43. The Morgan fingerprint density at radius 1 is 1.15 bits per heavy atom. The van der Waals surface area contributed by atoms with Gasteiger partial charge in [-0.2, -0.15) is 0 Å². The molecule has 0 spiro atoms. The molecule has 134 valence electrons. The van der Waals surface area contributed by atoms with Gasteiger partial charge in [0, 0.05) is 4.91 Å². The number of carbonyl (C=O) groups is 1. The van der Waals surface area contributed by atoms with E-state index in [1.165, 1.54) is 21.6 Å². The van der Waals surface area contributed by atoms with Crippen LogP contribution in [-0.2, 0) is 5.41 Å². The van der Waals surface area contributed by atoms with Gasteiger partial charge in [-0.05, 0) is 52.0 Å². The van der Waals surface area contributed by atoms with E-state index in [-0.39, 0.29) is 5.41 Å². The molecule has 0 saturated heterocycles. The lowest BCUT2D eigenvalue weighted by molar-refractivity contribution is 0.0697. The topological polar surface area (TPSA) is 37.3 Å². The number of hydrogen-bond donors (Lipinski definition) is 1. The highest BCUT2D eigenvalue weighted by atomic mass is 32.2. The van der Waals surface area contributed by atoms with Crippen molar-refractivity contribution in [2.45, 2.75) is 32.6 Å². The summed E-state index contributed by atoms with van der Waals surface area (Å²) in [6, 6.07) is 13.5. The fraction of sp³-hybridized carbons (Fsp3) is 0.261. The lowest BCUT2D eigenvalue weighted by Gasteiger charge is -2.33. The van der Waals surface area contributed by atoms with Crippen molar-refractivity contribution in [3.63, 3.8) is 0 Å². The van der Waals surface area contributed by atoms with Gasteiger partial charge in [0.25, 0.3) is 0 Å². The number of hydrogen-bond acceptors (Lipinski definition) is 2. The highest BCUT2D eigenvalue weighted by molar-refractivity contribution is 8.08. The summed E-state index contributed by atoms with van der Waals surface area (Å²) in [6.07, 6.45) is 7.62. The molecular formula is C23H24O2S. The van der Waals surface area contributed by atoms with E-state index in [1.807, 2.05) is 23.9 Å². The fourth-order valence-electron chi connectivity index (χ4n) is 3.32. The zero-order valence-corrected chi connectivity index (χ0v) is 16.3. The van der Waals surface area contributed by atoms with Gasteiger partial charge in [-0.1, -0.05) is 69.3 Å². The summed E-state index contributed by atoms with van der Waals surface area (Å²) in [5, 5.41) is 9.02. The number of carboxylic acid groups (broad SMARTS) is 1. The van der Waals surface area contributed by atoms with Crippen LogP contribution < -0.4 is 0 Å². The third kappa shape index (κ3) is 3.78. The highest BCUT2D eigenvalue weighted by Gasteiger charge is 2.29. The van der Waals surface area contributed by atoms with Crippen molar-refractivity contribution in [2.75, 3.05) is 5.75 Å². The Morgan fingerprint density at radius 3 is 2.54 bits per heavy atom. The van der Waals surface area contributed by atoms with E-state index < -0.39 is 5.97 Å². The van der Waals surface area contributed by atoms with Crippen molar-refractivity contribution in [2.24, 2.45) is 0 Å². The van der Waals surface area contributed by atoms with Gasteiger partial charge in [0.1, 0.15) is 0 Å². The molecule has 2 aromatic rings. The molecule has 0 aromatic heterocycles. The Morgan fingerprint density at radius 2 is 1.88 bits per heavy atom. The van der Waals surface area contributed by atoms with Gasteiger partial charge in [-0.3, -0.25) is 0 Å². The molecule has 3 heteroatoms. The summed E-state index contributed by atoms with van der Waals surface area (Å²) in [7, 11) is 0. The average molecular weight is 365 g/mol. The molecule has 26 heavy (non-hydrogen) atoms. The minimum atomic E-state index is -0.897. The first-order chi connectivity index (χ1) is 12.4. The SMILES string of the molecule is CCSC1=CCC(C)(C)c2cccc(C=Cc3ccc(C(=O)O)cc3)c21. The second kappa shape index (κ2) is 7.55. The van der Waals surface area contributed by atoms with Crippen molar-refractivity contribution in [3.8, 4) is 0 Å². The molecule has 1 aliphatic carbocycles. The quantitative estimate of drug-likeness (QED) is 0.630. The number of aromatic carboxylic acids is 1. The molecule has 1 aliphatic rings. The van der Waals surface area contributed by atoms with Gasteiger partial charge in [-0.15, -0.1) is 11.8 Å². The van der Waals surface area contributed by atoms with Crippen LogP contribution in [0.1, 0.15) is 59.8 Å². The van der Waals surface area contributed by atoms with E-state index in [1.54, 1.807) is 12.1 Å². The third-order valence-electron chi connectivity index (χ3n) is 4.78. The van der Waals surface area contributed by atoms with Crippen molar-refractivity contribution in [3.05, 3.63) is 76.4 Å². The van der Waals surface area contributed by atoms with Crippen molar-refractivity contribution in [1.82, 2.24) is 0 Å². The number of carboxylic acids is 1. The van der Waals surface area contributed by atoms with Crippen LogP contribution in [0.25, 0.3) is 17.1 Å². The molecule has 0 heterocycles. The average Bonchev–Trinajstić information content (AvgIpc) is 2.63. The van der Waals surface area contributed by atoms with E-state index in [0.717, 1.165) is 17.7 Å². The summed E-state index contributed by atoms with van der Waals surface area (Å²) in [4.78, 5) is 12.3. The van der Waals surface area contributed by atoms with E-state index >= 15 is 0 Å². The fourth-order valence-corrected chi connectivity index (χ4v) is 4.20. The molecule has 0 radical (unpaired) electrons. The van der Waals surface area contributed by atoms with Crippen LogP contribution in [0.4, 0.5) is 0 Å². The first-order valence-corrected chi connectivity index (χ1v) is 9.89. The summed E-state index contributed by atoms with van der Waals surface area (Å²) in [6.45, 7) is 6.79. The van der Waals surface area contributed by atoms with Crippen LogP contribution in [0.2, 0.25) is 0 Å². The summed E-state index contributed by atoms with van der Waals surface area (Å²) >= 11 is 1.90. The zero-order valence-electron chi connectivity index (χ0n) is 15.5. The van der Waals surface area contributed by atoms with Crippen LogP contribution in [-0.4, -0.2) is 16.8 Å². The Hall–Kier alpha value is -2.26. The maximum Gasteiger partial charge on any atom is 0.335 e. The molecule has 0 fully saturated rings. The van der Waals surface area contributed by atoms with E-state index in [9.17, 15) is 4.79 Å². The number of fused-ring (bicyclic) bond motifs is 1. The van der Waals surface area contributed by atoms with Gasteiger partial charge in [0.05, 0.1) is 5.56 Å². The predicted octanol–water partition coefficient (Wildman–Crippen LogP) is 6.33. The van der Waals surface area contributed by atoms with Crippen LogP contribution >= 0.6 is 11.8 Å². The molecular weight excluding hydrogens is 340 g/mol. The number of rotatable bonds is 5. The van der Waals surface area contributed by atoms with Crippen LogP contribution in [0.5, 0.6) is 0 Å². The molecule has 0 atom stereocenters. The van der Waals surface area contributed by atoms with Crippen molar-refractivity contribution >= 4 is 34.8 Å². The number of thioether (sulfide) groups is 1. The first kappa shape index (κ1) is 18.5. The normalized spacial score (nSPS) is 15.6. The van der Waals surface area contributed by atoms with Crippen LogP contribution in [0.15, 0.2) is 48.5 Å². The molecule has 0 aliphatic heterocycles. The minimum Gasteiger partial charge on any atom is -0.478 e. The standard InChI is InChI=1S/C23H24O2S/c1-4-26-20-14-15-23(2,3)19-7-5-6-17(21(19)20)11-8-16-9-12-18(13-10-16)22(24)25/h5-14H,4,15H2,1-3H3,(H,24,25). The lowest BCUT2D eigenvalue weighted by Crippen LogP contribution is -2.21. The molecule has 0 unspecified atom stereocenters. The molecule has 1 N–H and O–H groups in total. The Bertz CT molecular complexity index is 874. The Labute approximate surface area is 159 Å². The summed E-state index contributed by atoms with van der Waals surface area (Å²) < 4.78 is 0.